The van der Waals surface area contributed by atoms with Crippen molar-refractivity contribution in [2.75, 3.05) is 26.7 Å². The predicted molar refractivity (Wildman–Crippen MR) is 53.0 cm³/mol. The van der Waals surface area contributed by atoms with Crippen molar-refractivity contribution in [1.82, 2.24) is 10.2 Å². The van der Waals surface area contributed by atoms with E-state index in [-0.39, 0.29) is 18.1 Å². The first-order chi connectivity index (χ1) is 6.61. The molecule has 1 saturated carbocycles. The highest BCUT2D eigenvalue weighted by atomic mass is 16.5. The van der Waals surface area contributed by atoms with Gasteiger partial charge in [-0.05, 0) is 19.8 Å². The number of rotatable bonds is 4. The van der Waals surface area contributed by atoms with Gasteiger partial charge in [0, 0.05) is 26.2 Å². The lowest BCUT2D eigenvalue weighted by molar-refractivity contribution is -0.145. The van der Waals surface area contributed by atoms with Crippen LogP contribution in [0.3, 0.4) is 0 Å². The molecule has 0 atom stereocenters. The Morgan fingerprint density at radius 2 is 2.21 bits per heavy atom. The van der Waals surface area contributed by atoms with Crippen LogP contribution in [0.5, 0.6) is 0 Å². The Balaban J connectivity index is 1.71. The molecular weight excluding hydrogens is 180 g/mol. The van der Waals surface area contributed by atoms with Crippen molar-refractivity contribution < 1.29 is 9.53 Å². The van der Waals surface area contributed by atoms with Gasteiger partial charge < -0.3 is 15.0 Å². The van der Waals surface area contributed by atoms with Gasteiger partial charge in [-0.2, -0.15) is 0 Å². The predicted octanol–water partition coefficient (Wildman–Crippen LogP) is -0.0143. The van der Waals surface area contributed by atoms with E-state index in [0.717, 1.165) is 25.9 Å². The monoisotopic (exact) mass is 198 g/mol. The van der Waals surface area contributed by atoms with E-state index in [2.05, 4.69) is 5.32 Å². The second-order valence-corrected chi connectivity index (χ2v) is 4.58. The summed E-state index contributed by atoms with van der Waals surface area (Å²) in [7, 11) is 1.87. The maximum atomic E-state index is 11.6. The number of carbonyl (C=O) groups excluding carboxylic acids is 1. The molecule has 0 bridgehead atoms. The second-order valence-electron chi connectivity index (χ2n) is 4.58. The molecule has 0 aromatic rings. The minimum absolute atomic E-state index is 0.111. The van der Waals surface area contributed by atoms with Crippen molar-refractivity contribution >= 4 is 5.91 Å². The third-order valence-electron chi connectivity index (χ3n) is 3.03. The summed E-state index contributed by atoms with van der Waals surface area (Å²) < 4.78 is 5.57. The highest BCUT2D eigenvalue weighted by molar-refractivity contribution is 5.77. The van der Waals surface area contributed by atoms with Crippen LogP contribution in [-0.2, 0) is 9.53 Å². The molecule has 1 heterocycles. The molecule has 0 unspecified atom stereocenters. The van der Waals surface area contributed by atoms with Crippen LogP contribution in [0.4, 0.5) is 0 Å². The van der Waals surface area contributed by atoms with E-state index in [1.165, 1.54) is 0 Å². The Kier molecular flexibility index (Phi) is 2.49. The van der Waals surface area contributed by atoms with Gasteiger partial charge in [0.05, 0.1) is 5.60 Å². The van der Waals surface area contributed by atoms with Crippen LogP contribution in [0.25, 0.3) is 0 Å². The standard InChI is InChI=1S/C10H18N2O2/c1-10(6-11-7-10)14-5-9(13)12(2)8-3-4-8/h8,11H,3-7H2,1-2H3. The molecule has 14 heavy (non-hydrogen) atoms. The van der Waals surface area contributed by atoms with Crippen molar-refractivity contribution in [3.63, 3.8) is 0 Å². The lowest BCUT2D eigenvalue weighted by Gasteiger charge is -2.39. The molecule has 1 N–H and O–H groups in total. The van der Waals surface area contributed by atoms with Gasteiger partial charge in [0.25, 0.3) is 0 Å². The van der Waals surface area contributed by atoms with Crippen molar-refractivity contribution in [2.45, 2.75) is 31.4 Å². The summed E-state index contributed by atoms with van der Waals surface area (Å²) >= 11 is 0. The number of nitrogens with one attached hydrogen (secondary N) is 1. The van der Waals surface area contributed by atoms with Crippen LogP contribution >= 0.6 is 0 Å². The molecule has 0 spiro atoms. The van der Waals surface area contributed by atoms with Gasteiger partial charge in [0.2, 0.25) is 5.91 Å². The first-order valence-corrected chi connectivity index (χ1v) is 5.21. The van der Waals surface area contributed by atoms with Gasteiger partial charge >= 0.3 is 0 Å². The van der Waals surface area contributed by atoms with E-state index in [1.54, 1.807) is 0 Å². The average molecular weight is 198 g/mol. The van der Waals surface area contributed by atoms with Gasteiger partial charge in [-0.3, -0.25) is 4.79 Å². The SMILES string of the molecule is CN(C(=O)COC1(C)CNC1)C1CC1. The summed E-state index contributed by atoms with van der Waals surface area (Å²) in [6.07, 6.45) is 2.31. The molecular formula is C10H18N2O2. The summed E-state index contributed by atoms with van der Waals surface area (Å²) in [6, 6.07) is 0.485. The Labute approximate surface area is 84.6 Å². The van der Waals surface area contributed by atoms with E-state index >= 15 is 0 Å². The Bertz CT molecular complexity index is 234. The number of likely N-dealkylation sites (N-methyl/N-ethyl adjacent to an activating group) is 1. The molecule has 4 nitrogen and oxygen atoms in total. The average Bonchev–Trinajstić information content (AvgIpc) is 2.92. The molecule has 0 aromatic carbocycles. The first-order valence-electron chi connectivity index (χ1n) is 5.21. The Morgan fingerprint density at radius 1 is 1.57 bits per heavy atom. The third-order valence-corrected chi connectivity index (χ3v) is 3.03. The van der Waals surface area contributed by atoms with E-state index in [4.69, 9.17) is 4.74 Å². The van der Waals surface area contributed by atoms with Crippen LogP contribution in [0.15, 0.2) is 0 Å². The molecule has 0 aromatic heterocycles. The van der Waals surface area contributed by atoms with E-state index in [9.17, 15) is 4.79 Å². The number of hydrogen-bond donors (Lipinski definition) is 1. The third kappa shape index (κ3) is 2.07. The van der Waals surface area contributed by atoms with Crippen molar-refractivity contribution in [3.05, 3.63) is 0 Å². The minimum Gasteiger partial charge on any atom is -0.363 e. The smallest absolute Gasteiger partial charge is 0.248 e. The fourth-order valence-corrected chi connectivity index (χ4v) is 1.58. The molecule has 1 amide bonds. The maximum Gasteiger partial charge on any atom is 0.248 e. The highest BCUT2D eigenvalue weighted by Gasteiger charge is 2.35. The number of hydrogen-bond acceptors (Lipinski definition) is 3. The Morgan fingerprint density at radius 3 is 2.64 bits per heavy atom. The summed E-state index contributed by atoms with van der Waals surface area (Å²) in [5.41, 5.74) is -0.111. The molecule has 1 aliphatic carbocycles. The van der Waals surface area contributed by atoms with Crippen LogP contribution in [0.2, 0.25) is 0 Å². The summed E-state index contributed by atoms with van der Waals surface area (Å²) in [5.74, 6) is 0.112. The van der Waals surface area contributed by atoms with Crippen LogP contribution < -0.4 is 5.32 Å². The molecule has 80 valence electrons. The van der Waals surface area contributed by atoms with Crippen LogP contribution in [-0.4, -0.2) is 49.2 Å². The molecule has 0 radical (unpaired) electrons. The number of carbonyl (C=O) groups is 1. The van der Waals surface area contributed by atoms with E-state index < -0.39 is 0 Å². The molecule has 2 aliphatic rings. The second kappa shape index (κ2) is 3.51. The summed E-state index contributed by atoms with van der Waals surface area (Å²) in [4.78, 5) is 13.4. The van der Waals surface area contributed by atoms with Crippen molar-refractivity contribution in [1.29, 1.82) is 0 Å². The highest BCUT2D eigenvalue weighted by Crippen LogP contribution is 2.25. The molecule has 1 aliphatic heterocycles. The fourth-order valence-electron chi connectivity index (χ4n) is 1.58. The van der Waals surface area contributed by atoms with E-state index in [1.807, 2.05) is 18.9 Å². The van der Waals surface area contributed by atoms with Crippen molar-refractivity contribution in [2.24, 2.45) is 0 Å². The molecule has 2 rings (SSSR count). The van der Waals surface area contributed by atoms with Crippen LogP contribution in [0.1, 0.15) is 19.8 Å². The van der Waals surface area contributed by atoms with Gasteiger partial charge in [-0.1, -0.05) is 0 Å². The fraction of sp³-hybridized carbons (Fsp3) is 0.900. The number of ether oxygens (including phenoxy) is 1. The zero-order chi connectivity index (χ0) is 10.2. The van der Waals surface area contributed by atoms with Crippen molar-refractivity contribution in [3.8, 4) is 0 Å². The van der Waals surface area contributed by atoms with Crippen LogP contribution in [0, 0.1) is 0 Å². The number of nitrogens with zero attached hydrogens (tertiary/aromatic N) is 1. The van der Waals surface area contributed by atoms with Gasteiger partial charge in [-0.25, -0.2) is 0 Å². The molecule has 2 fully saturated rings. The zero-order valence-electron chi connectivity index (χ0n) is 8.88. The molecule has 1 saturated heterocycles. The zero-order valence-corrected chi connectivity index (χ0v) is 8.88. The molecule has 4 heteroatoms. The minimum atomic E-state index is -0.111. The normalized spacial score (nSPS) is 24.1. The maximum absolute atomic E-state index is 11.6. The largest absolute Gasteiger partial charge is 0.363 e. The lowest BCUT2D eigenvalue weighted by Crippen LogP contribution is -2.59. The quantitative estimate of drug-likeness (QED) is 0.690. The lowest BCUT2D eigenvalue weighted by atomic mass is 10.0. The number of amides is 1. The van der Waals surface area contributed by atoms with E-state index in [0.29, 0.717) is 6.04 Å². The van der Waals surface area contributed by atoms with Gasteiger partial charge in [0.15, 0.2) is 0 Å². The van der Waals surface area contributed by atoms with Gasteiger partial charge in [-0.15, -0.1) is 0 Å². The topological polar surface area (TPSA) is 41.6 Å². The first kappa shape index (κ1) is 9.93. The summed E-state index contributed by atoms with van der Waals surface area (Å²) in [6.45, 7) is 3.97. The summed E-state index contributed by atoms with van der Waals surface area (Å²) in [5, 5.41) is 3.14. The Hall–Kier alpha value is -0.610. The van der Waals surface area contributed by atoms with Gasteiger partial charge in [0.1, 0.15) is 6.61 Å².